The van der Waals surface area contributed by atoms with Gasteiger partial charge in [-0.1, -0.05) is 18.2 Å². The fourth-order valence-electron chi connectivity index (χ4n) is 1.09. The lowest BCUT2D eigenvalue weighted by Gasteiger charge is -1.94. The molecule has 0 amide bonds. The van der Waals surface area contributed by atoms with Crippen LogP contribution >= 0.6 is 0 Å². The maximum absolute atomic E-state index is 9.75. The van der Waals surface area contributed by atoms with Gasteiger partial charge < -0.3 is 17.3 Å². The van der Waals surface area contributed by atoms with Crippen LogP contribution in [0.25, 0.3) is 5.69 Å². The molecule has 2 nitrogen and oxygen atoms in total. The number of hydrogen-bond donors (Lipinski definition) is 0. The first-order chi connectivity index (χ1) is 7.97. The van der Waals surface area contributed by atoms with Crippen LogP contribution in [0.5, 0.6) is 0 Å². The molecule has 0 saturated carbocycles. The molecule has 2 aromatic rings. The third-order valence-corrected chi connectivity index (χ3v) is 1.68. The largest absolute Gasteiger partial charge is 0.673 e. The fourth-order valence-corrected chi connectivity index (χ4v) is 1.09. The standard InChI is InChI=1S/C10H9N2.BF4/c1-2-4-10(5-3-1)12-8-6-11-7-9-12;2-1(3,4)5/h1-9H;/q+1;-1. The molecule has 7 heteroatoms. The Kier molecular flexibility index (Phi) is 4.62. The van der Waals surface area contributed by atoms with E-state index >= 15 is 0 Å². The number of nitrogens with zero attached hydrogens (tertiary/aromatic N) is 2. The second-order valence-electron chi connectivity index (χ2n) is 2.98. The van der Waals surface area contributed by atoms with Gasteiger partial charge in [0.05, 0.1) is 12.4 Å². The molecule has 0 unspecified atom stereocenters. The lowest BCUT2D eigenvalue weighted by molar-refractivity contribution is -0.596. The van der Waals surface area contributed by atoms with E-state index in [1.54, 1.807) is 12.4 Å². The van der Waals surface area contributed by atoms with Crippen molar-refractivity contribution >= 4 is 7.25 Å². The fraction of sp³-hybridized carbons (Fsp3) is 0. The van der Waals surface area contributed by atoms with Gasteiger partial charge in [0.1, 0.15) is 0 Å². The number of rotatable bonds is 1. The highest BCUT2D eigenvalue weighted by atomic mass is 19.5. The van der Waals surface area contributed by atoms with Gasteiger partial charge in [-0.15, -0.1) is 0 Å². The van der Waals surface area contributed by atoms with E-state index in [1.165, 1.54) is 0 Å². The van der Waals surface area contributed by atoms with Gasteiger partial charge in [-0.3, -0.25) is 4.98 Å². The summed E-state index contributed by atoms with van der Waals surface area (Å²) >= 11 is 0. The zero-order chi connectivity index (χ0) is 12.7. The van der Waals surface area contributed by atoms with Crippen molar-refractivity contribution < 1.29 is 21.8 Å². The van der Waals surface area contributed by atoms with Gasteiger partial charge >= 0.3 is 7.25 Å². The molecule has 0 bridgehead atoms. The normalized spacial score (nSPS) is 10.4. The summed E-state index contributed by atoms with van der Waals surface area (Å²) in [5.41, 5.74) is 1.15. The molecule has 0 spiro atoms. The first-order valence-corrected chi connectivity index (χ1v) is 4.71. The van der Waals surface area contributed by atoms with Crippen molar-refractivity contribution in [3.05, 3.63) is 55.1 Å². The molecule has 1 aromatic carbocycles. The minimum Gasteiger partial charge on any atom is -0.418 e. The molecule has 0 N–H and O–H groups in total. The maximum Gasteiger partial charge on any atom is 0.673 e. The summed E-state index contributed by atoms with van der Waals surface area (Å²) in [6.07, 6.45) is 7.39. The van der Waals surface area contributed by atoms with E-state index in [0.29, 0.717) is 0 Å². The SMILES string of the molecule is F[B-](F)(F)F.c1ccc(-[n+]2ccncc2)cc1. The minimum atomic E-state index is -6.00. The average molecular weight is 244 g/mol. The van der Waals surface area contributed by atoms with Crippen LogP contribution in [0, 0.1) is 0 Å². The number of hydrogen-bond acceptors (Lipinski definition) is 1. The van der Waals surface area contributed by atoms with E-state index in [-0.39, 0.29) is 0 Å². The molecule has 0 fully saturated rings. The first-order valence-electron chi connectivity index (χ1n) is 4.71. The summed E-state index contributed by atoms with van der Waals surface area (Å²) in [7, 11) is -6.00. The summed E-state index contributed by atoms with van der Waals surface area (Å²) in [6.45, 7) is 0. The van der Waals surface area contributed by atoms with Crippen LogP contribution in [0.15, 0.2) is 55.1 Å². The topological polar surface area (TPSA) is 16.8 Å². The van der Waals surface area contributed by atoms with E-state index < -0.39 is 7.25 Å². The Morgan fingerprint density at radius 3 is 1.82 bits per heavy atom. The first kappa shape index (κ1) is 13.2. The van der Waals surface area contributed by atoms with Crippen LogP contribution in [0.4, 0.5) is 17.3 Å². The predicted molar refractivity (Wildman–Crippen MR) is 56.0 cm³/mol. The zero-order valence-corrected chi connectivity index (χ0v) is 8.68. The van der Waals surface area contributed by atoms with Crippen LogP contribution in [-0.2, 0) is 0 Å². The van der Waals surface area contributed by atoms with E-state index in [9.17, 15) is 17.3 Å². The van der Waals surface area contributed by atoms with Gasteiger partial charge in [-0.25, -0.2) is 0 Å². The monoisotopic (exact) mass is 244 g/mol. The third-order valence-electron chi connectivity index (χ3n) is 1.68. The minimum absolute atomic E-state index is 1.15. The highest BCUT2D eigenvalue weighted by Gasteiger charge is 2.20. The lowest BCUT2D eigenvalue weighted by atomic mass is 10.3. The second-order valence-corrected chi connectivity index (χ2v) is 2.98. The van der Waals surface area contributed by atoms with Gasteiger partial charge in [0.25, 0.3) is 0 Å². The number of benzene rings is 1. The summed E-state index contributed by atoms with van der Waals surface area (Å²) in [5, 5.41) is 0. The van der Waals surface area contributed by atoms with Crippen LogP contribution in [-0.4, -0.2) is 12.2 Å². The molecule has 0 aliphatic heterocycles. The van der Waals surface area contributed by atoms with Crippen molar-refractivity contribution in [1.82, 2.24) is 4.98 Å². The molecule has 90 valence electrons. The predicted octanol–water partition coefficient (Wildman–Crippen LogP) is 2.66. The highest BCUT2D eigenvalue weighted by Crippen LogP contribution is 2.06. The average Bonchev–Trinajstić information content (AvgIpc) is 2.29. The molecule has 0 radical (unpaired) electrons. The van der Waals surface area contributed by atoms with E-state index in [2.05, 4.69) is 17.1 Å². The van der Waals surface area contributed by atoms with E-state index in [1.807, 2.05) is 35.2 Å². The summed E-state index contributed by atoms with van der Waals surface area (Å²) in [4.78, 5) is 3.95. The van der Waals surface area contributed by atoms with Crippen molar-refractivity contribution in [1.29, 1.82) is 0 Å². The number of halogens is 4. The molecule has 0 atom stereocenters. The van der Waals surface area contributed by atoms with Gasteiger partial charge in [0, 0.05) is 12.1 Å². The van der Waals surface area contributed by atoms with E-state index in [0.717, 1.165) is 5.69 Å². The Hall–Kier alpha value is -1.92. The van der Waals surface area contributed by atoms with Crippen molar-refractivity contribution in [2.24, 2.45) is 0 Å². The van der Waals surface area contributed by atoms with Gasteiger partial charge in [0.2, 0.25) is 5.69 Å². The van der Waals surface area contributed by atoms with Crippen molar-refractivity contribution in [3.63, 3.8) is 0 Å². The lowest BCUT2D eigenvalue weighted by Crippen LogP contribution is -2.28. The quantitative estimate of drug-likeness (QED) is 0.428. The highest BCUT2D eigenvalue weighted by molar-refractivity contribution is 6.50. The van der Waals surface area contributed by atoms with Gasteiger partial charge in [-0.2, -0.15) is 4.57 Å². The smallest absolute Gasteiger partial charge is 0.418 e. The Morgan fingerprint density at radius 2 is 1.35 bits per heavy atom. The number of aromatic nitrogens is 2. The number of para-hydroxylation sites is 1. The second kappa shape index (κ2) is 5.98. The Bertz CT molecular complexity index is 390. The molecule has 0 aliphatic carbocycles. The third kappa shape index (κ3) is 6.29. The molecular weight excluding hydrogens is 235 g/mol. The summed E-state index contributed by atoms with van der Waals surface area (Å²) < 4.78 is 41.0. The molecular formula is C10H9BF4N2. The van der Waals surface area contributed by atoms with Crippen molar-refractivity contribution in [2.75, 3.05) is 0 Å². The molecule has 0 saturated heterocycles. The van der Waals surface area contributed by atoms with Crippen molar-refractivity contribution in [2.45, 2.75) is 0 Å². The molecule has 1 heterocycles. The van der Waals surface area contributed by atoms with Gasteiger partial charge in [0.15, 0.2) is 12.4 Å². The zero-order valence-electron chi connectivity index (χ0n) is 8.68. The maximum atomic E-state index is 9.75. The summed E-state index contributed by atoms with van der Waals surface area (Å²) in [6, 6.07) is 10.1. The van der Waals surface area contributed by atoms with Crippen LogP contribution in [0.3, 0.4) is 0 Å². The molecule has 2 rings (SSSR count). The summed E-state index contributed by atoms with van der Waals surface area (Å²) in [5.74, 6) is 0. The molecule has 1 aromatic heterocycles. The van der Waals surface area contributed by atoms with Crippen LogP contribution in [0.2, 0.25) is 0 Å². The van der Waals surface area contributed by atoms with Crippen LogP contribution < -0.4 is 4.57 Å². The Balaban J connectivity index is 0.000000249. The Morgan fingerprint density at radius 1 is 0.882 bits per heavy atom. The van der Waals surface area contributed by atoms with Crippen molar-refractivity contribution in [3.8, 4) is 5.69 Å². The van der Waals surface area contributed by atoms with Crippen LogP contribution in [0.1, 0.15) is 0 Å². The van der Waals surface area contributed by atoms with E-state index in [4.69, 9.17) is 0 Å². The molecule has 17 heavy (non-hydrogen) atoms. The van der Waals surface area contributed by atoms with Gasteiger partial charge in [-0.05, 0) is 0 Å². The Labute approximate surface area is 95.7 Å². The molecule has 0 aliphatic rings.